The molecule has 5 heteroatoms. The Morgan fingerprint density at radius 2 is 2.04 bits per heavy atom. The van der Waals surface area contributed by atoms with Crippen LogP contribution in [0.3, 0.4) is 0 Å². The summed E-state index contributed by atoms with van der Waals surface area (Å²) in [4.78, 5) is 18.9. The van der Waals surface area contributed by atoms with Crippen LogP contribution in [-0.4, -0.2) is 31.1 Å². The number of hydrogen-bond acceptors (Lipinski definition) is 4. The molecule has 2 aromatic rings. The molecule has 1 aromatic carbocycles. The van der Waals surface area contributed by atoms with Crippen molar-refractivity contribution in [2.45, 2.75) is 25.8 Å². The van der Waals surface area contributed by atoms with Crippen molar-refractivity contribution < 1.29 is 9.53 Å². The molecule has 0 atom stereocenters. The van der Waals surface area contributed by atoms with Crippen molar-refractivity contribution in [3.8, 4) is 5.75 Å². The van der Waals surface area contributed by atoms with Crippen molar-refractivity contribution in [1.29, 1.82) is 0 Å². The lowest BCUT2D eigenvalue weighted by atomic mass is 10.1. The summed E-state index contributed by atoms with van der Waals surface area (Å²) in [6, 6.07) is 11.6. The molecule has 3 rings (SSSR count). The smallest absolute Gasteiger partial charge is 0.224 e. The second kappa shape index (κ2) is 7.81. The highest BCUT2D eigenvalue weighted by molar-refractivity contribution is 5.78. The van der Waals surface area contributed by atoms with E-state index in [0.29, 0.717) is 13.0 Å². The number of aromatic nitrogens is 1. The normalized spacial score (nSPS) is 13.8. The fourth-order valence-corrected chi connectivity index (χ4v) is 2.92. The van der Waals surface area contributed by atoms with Crippen LogP contribution in [0.15, 0.2) is 42.6 Å². The van der Waals surface area contributed by atoms with Gasteiger partial charge in [-0.1, -0.05) is 12.1 Å². The zero-order valence-electron chi connectivity index (χ0n) is 14.0. The summed E-state index contributed by atoms with van der Waals surface area (Å²) in [6.45, 7) is 2.66. The van der Waals surface area contributed by atoms with Crippen LogP contribution in [0.25, 0.3) is 0 Å². The van der Waals surface area contributed by atoms with Crippen LogP contribution in [0.1, 0.15) is 24.0 Å². The molecule has 0 spiro atoms. The van der Waals surface area contributed by atoms with E-state index in [9.17, 15) is 4.79 Å². The molecule has 0 aliphatic carbocycles. The molecule has 1 saturated heterocycles. The standard InChI is InChI=1S/C19H23N3O2/c1-24-17-6-4-5-15(11-17)13-19(23)21-14-16-7-8-20-18(12-16)22-9-2-3-10-22/h4-8,11-12H,2-3,9-10,13-14H2,1H3,(H,21,23). The number of anilines is 1. The van der Waals surface area contributed by atoms with Crippen LogP contribution >= 0.6 is 0 Å². The number of benzene rings is 1. The van der Waals surface area contributed by atoms with Gasteiger partial charge in [0.25, 0.3) is 0 Å². The molecule has 0 saturated carbocycles. The van der Waals surface area contributed by atoms with Crippen LogP contribution in [0.2, 0.25) is 0 Å². The Hall–Kier alpha value is -2.56. The number of ether oxygens (including phenoxy) is 1. The maximum Gasteiger partial charge on any atom is 0.224 e. The molecular formula is C19H23N3O2. The largest absolute Gasteiger partial charge is 0.497 e. The number of carbonyl (C=O) groups is 1. The van der Waals surface area contributed by atoms with Crippen LogP contribution in [0.4, 0.5) is 5.82 Å². The molecule has 1 aromatic heterocycles. The summed E-state index contributed by atoms with van der Waals surface area (Å²) >= 11 is 0. The van der Waals surface area contributed by atoms with Gasteiger partial charge >= 0.3 is 0 Å². The summed E-state index contributed by atoms with van der Waals surface area (Å²) < 4.78 is 5.18. The molecule has 1 aliphatic heterocycles. The number of methoxy groups -OCH3 is 1. The number of rotatable bonds is 6. The molecule has 5 nitrogen and oxygen atoms in total. The number of nitrogens with one attached hydrogen (secondary N) is 1. The zero-order chi connectivity index (χ0) is 16.8. The van der Waals surface area contributed by atoms with Crippen molar-refractivity contribution in [2.24, 2.45) is 0 Å². The number of nitrogens with zero attached hydrogens (tertiary/aromatic N) is 2. The third-order valence-corrected chi connectivity index (χ3v) is 4.23. The molecule has 2 heterocycles. The fraction of sp³-hybridized carbons (Fsp3) is 0.368. The molecule has 126 valence electrons. The van der Waals surface area contributed by atoms with Crippen LogP contribution < -0.4 is 15.0 Å². The quantitative estimate of drug-likeness (QED) is 0.887. The van der Waals surface area contributed by atoms with E-state index >= 15 is 0 Å². The van der Waals surface area contributed by atoms with Crippen LogP contribution in [-0.2, 0) is 17.8 Å². The third kappa shape index (κ3) is 4.25. The summed E-state index contributed by atoms with van der Waals surface area (Å²) in [7, 11) is 1.63. The Bertz CT molecular complexity index is 697. The van der Waals surface area contributed by atoms with E-state index in [2.05, 4.69) is 21.3 Å². The van der Waals surface area contributed by atoms with E-state index < -0.39 is 0 Å². The average Bonchev–Trinajstić information content (AvgIpc) is 3.15. The van der Waals surface area contributed by atoms with Crippen LogP contribution in [0.5, 0.6) is 5.75 Å². The Morgan fingerprint density at radius 3 is 2.83 bits per heavy atom. The van der Waals surface area contributed by atoms with Gasteiger partial charge in [-0.15, -0.1) is 0 Å². The fourth-order valence-electron chi connectivity index (χ4n) is 2.92. The minimum Gasteiger partial charge on any atom is -0.497 e. The van der Waals surface area contributed by atoms with Gasteiger partial charge in [-0.25, -0.2) is 4.98 Å². The van der Waals surface area contributed by atoms with Crippen LogP contribution in [0, 0.1) is 0 Å². The van der Waals surface area contributed by atoms with E-state index in [1.54, 1.807) is 7.11 Å². The molecule has 1 amide bonds. The highest BCUT2D eigenvalue weighted by Crippen LogP contribution is 2.18. The lowest BCUT2D eigenvalue weighted by Crippen LogP contribution is -2.25. The molecule has 0 unspecified atom stereocenters. The lowest BCUT2D eigenvalue weighted by molar-refractivity contribution is -0.120. The zero-order valence-corrected chi connectivity index (χ0v) is 14.0. The Labute approximate surface area is 142 Å². The highest BCUT2D eigenvalue weighted by atomic mass is 16.5. The van der Waals surface area contributed by atoms with Gasteiger partial charge in [-0.2, -0.15) is 0 Å². The van der Waals surface area contributed by atoms with Crippen molar-refractivity contribution >= 4 is 11.7 Å². The van der Waals surface area contributed by atoms with Gasteiger partial charge in [-0.05, 0) is 48.2 Å². The first-order chi connectivity index (χ1) is 11.7. The molecule has 0 bridgehead atoms. The minimum absolute atomic E-state index is 0.00258. The van der Waals surface area contributed by atoms with E-state index in [0.717, 1.165) is 35.8 Å². The van der Waals surface area contributed by atoms with E-state index in [4.69, 9.17) is 4.74 Å². The first-order valence-corrected chi connectivity index (χ1v) is 8.34. The van der Waals surface area contributed by atoms with E-state index in [-0.39, 0.29) is 5.91 Å². The first-order valence-electron chi connectivity index (χ1n) is 8.34. The number of hydrogen-bond donors (Lipinski definition) is 1. The van der Waals surface area contributed by atoms with Gasteiger partial charge in [0.05, 0.1) is 13.5 Å². The molecule has 24 heavy (non-hydrogen) atoms. The predicted molar refractivity (Wildman–Crippen MR) is 94.2 cm³/mol. The van der Waals surface area contributed by atoms with Crippen molar-refractivity contribution in [2.75, 3.05) is 25.1 Å². The monoisotopic (exact) mass is 325 g/mol. The molecule has 0 radical (unpaired) electrons. The van der Waals surface area contributed by atoms with Crippen molar-refractivity contribution in [3.05, 3.63) is 53.7 Å². The second-order valence-corrected chi connectivity index (χ2v) is 6.02. The summed E-state index contributed by atoms with van der Waals surface area (Å²) in [5, 5.41) is 2.98. The Kier molecular flexibility index (Phi) is 5.31. The number of carbonyl (C=O) groups excluding carboxylic acids is 1. The summed E-state index contributed by atoms with van der Waals surface area (Å²) in [6.07, 6.45) is 4.62. The van der Waals surface area contributed by atoms with Gasteiger partial charge in [0.2, 0.25) is 5.91 Å². The average molecular weight is 325 g/mol. The molecule has 1 fully saturated rings. The third-order valence-electron chi connectivity index (χ3n) is 4.23. The molecular weight excluding hydrogens is 302 g/mol. The number of pyridine rings is 1. The summed E-state index contributed by atoms with van der Waals surface area (Å²) in [5.74, 6) is 1.78. The van der Waals surface area contributed by atoms with Gasteiger partial charge in [0.15, 0.2) is 0 Å². The number of amides is 1. The van der Waals surface area contributed by atoms with Gasteiger partial charge in [-0.3, -0.25) is 4.79 Å². The minimum atomic E-state index is 0.00258. The Morgan fingerprint density at radius 1 is 1.21 bits per heavy atom. The second-order valence-electron chi connectivity index (χ2n) is 6.02. The van der Waals surface area contributed by atoms with Crippen molar-refractivity contribution in [3.63, 3.8) is 0 Å². The Balaban J connectivity index is 1.55. The predicted octanol–water partition coefficient (Wildman–Crippen LogP) is 2.55. The lowest BCUT2D eigenvalue weighted by Gasteiger charge is -2.17. The SMILES string of the molecule is COc1cccc(CC(=O)NCc2ccnc(N3CCCC3)c2)c1. The van der Waals surface area contributed by atoms with Gasteiger partial charge < -0.3 is 15.0 Å². The highest BCUT2D eigenvalue weighted by Gasteiger charge is 2.13. The maximum atomic E-state index is 12.1. The topological polar surface area (TPSA) is 54.5 Å². The van der Waals surface area contributed by atoms with Crippen molar-refractivity contribution in [1.82, 2.24) is 10.3 Å². The molecule has 1 N–H and O–H groups in total. The molecule has 1 aliphatic rings. The van der Waals surface area contributed by atoms with E-state index in [1.165, 1.54) is 12.8 Å². The summed E-state index contributed by atoms with van der Waals surface area (Å²) in [5.41, 5.74) is 2.02. The van der Waals surface area contributed by atoms with Gasteiger partial charge in [0.1, 0.15) is 11.6 Å². The van der Waals surface area contributed by atoms with Gasteiger partial charge in [0, 0.05) is 25.8 Å². The maximum absolute atomic E-state index is 12.1. The first kappa shape index (κ1) is 16.3. The van der Waals surface area contributed by atoms with E-state index in [1.807, 2.05) is 36.5 Å².